The number of hydrogen-bond donors (Lipinski definition) is 0. The van der Waals surface area contributed by atoms with Gasteiger partial charge in [0.15, 0.2) is 0 Å². The first-order chi connectivity index (χ1) is 11.0. The van der Waals surface area contributed by atoms with E-state index in [1.54, 1.807) is 4.90 Å². The second-order valence-electron chi connectivity index (χ2n) is 6.54. The van der Waals surface area contributed by atoms with E-state index >= 15 is 0 Å². The van der Waals surface area contributed by atoms with Crippen LogP contribution in [0.1, 0.15) is 32.1 Å². The smallest absolute Gasteiger partial charge is 0.410 e. The van der Waals surface area contributed by atoms with Crippen molar-refractivity contribution < 1.29 is 19.1 Å². The molecule has 6 heteroatoms. The lowest BCUT2D eigenvalue weighted by Crippen LogP contribution is -2.46. The van der Waals surface area contributed by atoms with E-state index in [2.05, 4.69) is 5.92 Å². The minimum atomic E-state index is -0.389. The molecule has 0 spiro atoms. The van der Waals surface area contributed by atoms with Crippen LogP contribution < -0.4 is 0 Å². The van der Waals surface area contributed by atoms with Gasteiger partial charge in [-0.25, -0.2) is 4.79 Å². The van der Waals surface area contributed by atoms with Crippen molar-refractivity contribution in [2.75, 3.05) is 27.7 Å². The third-order valence-corrected chi connectivity index (χ3v) is 4.77. The molecule has 2 aliphatic rings. The number of carbonyl (C=O) groups is 2. The van der Waals surface area contributed by atoms with Crippen molar-refractivity contribution in [1.82, 2.24) is 9.80 Å². The van der Waals surface area contributed by atoms with Crippen molar-refractivity contribution >= 4 is 12.1 Å². The van der Waals surface area contributed by atoms with E-state index in [9.17, 15) is 9.59 Å². The molecule has 1 unspecified atom stereocenters. The molecule has 1 saturated carbocycles. The molecule has 1 aliphatic heterocycles. The summed E-state index contributed by atoms with van der Waals surface area (Å²) < 4.78 is 10.6. The SMILES string of the molecule is C#CC1C[C@H]2[C@@H](OC(=O)CCN(C)C)CCC[C@H]2N1C(=O)OC. The second kappa shape index (κ2) is 7.69. The predicted molar refractivity (Wildman–Crippen MR) is 85.7 cm³/mol. The number of amides is 1. The van der Waals surface area contributed by atoms with Gasteiger partial charge in [-0.3, -0.25) is 9.69 Å². The third kappa shape index (κ3) is 3.97. The molecule has 4 atom stereocenters. The van der Waals surface area contributed by atoms with Gasteiger partial charge in [0.1, 0.15) is 6.10 Å². The average molecular weight is 322 g/mol. The van der Waals surface area contributed by atoms with Gasteiger partial charge in [-0.15, -0.1) is 6.42 Å². The zero-order valence-corrected chi connectivity index (χ0v) is 14.2. The summed E-state index contributed by atoms with van der Waals surface area (Å²) in [6.07, 6.45) is 8.71. The normalized spacial score (nSPS) is 29.8. The van der Waals surface area contributed by atoms with Gasteiger partial charge in [0.25, 0.3) is 0 Å². The Morgan fingerprint density at radius 1 is 1.35 bits per heavy atom. The number of rotatable bonds is 4. The quantitative estimate of drug-likeness (QED) is 0.580. The number of hydrogen-bond acceptors (Lipinski definition) is 5. The van der Waals surface area contributed by atoms with Crippen LogP contribution in [0, 0.1) is 18.3 Å². The van der Waals surface area contributed by atoms with Crippen LogP contribution in [-0.4, -0.2) is 67.8 Å². The first-order valence-electron chi connectivity index (χ1n) is 8.14. The molecule has 2 rings (SSSR count). The van der Waals surface area contributed by atoms with Gasteiger partial charge in [-0.05, 0) is 39.8 Å². The van der Waals surface area contributed by atoms with E-state index in [1.165, 1.54) is 7.11 Å². The van der Waals surface area contributed by atoms with Gasteiger partial charge in [-0.2, -0.15) is 0 Å². The highest BCUT2D eigenvalue weighted by Crippen LogP contribution is 2.41. The number of ether oxygens (including phenoxy) is 2. The molecule has 2 fully saturated rings. The van der Waals surface area contributed by atoms with Gasteiger partial charge >= 0.3 is 12.1 Å². The number of nitrogens with zero attached hydrogens (tertiary/aromatic N) is 2. The lowest BCUT2D eigenvalue weighted by Gasteiger charge is -2.36. The van der Waals surface area contributed by atoms with Crippen molar-refractivity contribution in [2.45, 2.75) is 50.3 Å². The molecule has 1 amide bonds. The van der Waals surface area contributed by atoms with E-state index in [4.69, 9.17) is 15.9 Å². The fourth-order valence-corrected chi connectivity index (χ4v) is 3.67. The van der Waals surface area contributed by atoms with Crippen LogP contribution in [0.25, 0.3) is 0 Å². The Morgan fingerprint density at radius 3 is 2.70 bits per heavy atom. The molecule has 128 valence electrons. The van der Waals surface area contributed by atoms with Crippen LogP contribution in [0.5, 0.6) is 0 Å². The molecular formula is C17H26N2O4. The summed E-state index contributed by atoms with van der Waals surface area (Å²) in [6, 6.07) is -0.276. The first-order valence-corrected chi connectivity index (χ1v) is 8.14. The molecule has 6 nitrogen and oxygen atoms in total. The van der Waals surface area contributed by atoms with Crippen molar-refractivity contribution in [1.29, 1.82) is 0 Å². The maximum atomic E-state index is 12.0. The van der Waals surface area contributed by atoms with Crippen LogP contribution in [-0.2, 0) is 14.3 Å². The van der Waals surface area contributed by atoms with E-state index in [0.717, 1.165) is 19.3 Å². The van der Waals surface area contributed by atoms with Crippen molar-refractivity contribution in [2.24, 2.45) is 5.92 Å². The standard InChI is InChI=1S/C17H26N2O4/c1-5-12-11-13-14(19(12)17(21)22-4)7-6-8-15(13)23-16(20)9-10-18(2)3/h1,12-15H,6-11H2,2-4H3/t12?,13-,14-,15+/m1/s1. The summed E-state index contributed by atoms with van der Waals surface area (Å²) in [7, 11) is 5.21. The Hall–Kier alpha value is -1.74. The van der Waals surface area contributed by atoms with E-state index in [-0.39, 0.29) is 36.2 Å². The summed E-state index contributed by atoms with van der Waals surface area (Å²) >= 11 is 0. The molecule has 1 heterocycles. The topological polar surface area (TPSA) is 59.1 Å². The molecule has 1 saturated heterocycles. The fraction of sp³-hybridized carbons (Fsp3) is 0.765. The Labute approximate surface area is 138 Å². The van der Waals surface area contributed by atoms with Crippen LogP contribution in [0.4, 0.5) is 4.79 Å². The van der Waals surface area contributed by atoms with Crippen LogP contribution >= 0.6 is 0 Å². The molecule has 0 aromatic rings. The monoisotopic (exact) mass is 322 g/mol. The second-order valence-corrected chi connectivity index (χ2v) is 6.54. The fourth-order valence-electron chi connectivity index (χ4n) is 3.67. The van der Waals surface area contributed by atoms with Crippen molar-refractivity contribution in [3.63, 3.8) is 0 Å². The number of likely N-dealkylation sites (tertiary alicyclic amines) is 1. The summed E-state index contributed by atoms with van der Waals surface area (Å²) in [5.41, 5.74) is 0. The summed E-state index contributed by atoms with van der Waals surface area (Å²) in [4.78, 5) is 27.7. The number of esters is 1. The molecule has 0 bridgehead atoms. The average Bonchev–Trinajstić information content (AvgIpc) is 2.92. The lowest BCUT2D eigenvalue weighted by atomic mass is 9.82. The minimum absolute atomic E-state index is 0.00361. The zero-order chi connectivity index (χ0) is 17.0. The number of methoxy groups -OCH3 is 1. The molecule has 0 N–H and O–H groups in total. The summed E-state index contributed by atoms with van der Waals surface area (Å²) in [5, 5.41) is 0. The first kappa shape index (κ1) is 17.6. The maximum absolute atomic E-state index is 12.0. The molecule has 0 aromatic heterocycles. The van der Waals surface area contributed by atoms with E-state index < -0.39 is 0 Å². The highest BCUT2D eigenvalue weighted by atomic mass is 16.5. The summed E-state index contributed by atoms with van der Waals surface area (Å²) in [6.45, 7) is 0.668. The largest absolute Gasteiger partial charge is 0.462 e. The Kier molecular flexibility index (Phi) is 5.89. The Morgan fingerprint density at radius 2 is 2.09 bits per heavy atom. The molecule has 1 aliphatic carbocycles. The molecular weight excluding hydrogens is 296 g/mol. The zero-order valence-electron chi connectivity index (χ0n) is 14.2. The van der Waals surface area contributed by atoms with E-state index in [0.29, 0.717) is 19.4 Å². The Bertz CT molecular complexity index is 485. The number of carbonyl (C=O) groups excluding carboxylic acids is 2. The molecule has 0 radical (unpaired) electrons. The van der Waals surface area contributed by atoms with Gasteiger partial charge in [-0.1, -0.05) is 5.92 Å². The highest BCUT2D eigenvalue weighted by molar-refractivity contribution is 5.70. The van der Waals surface area contributed by atoms with Crippen LogP contribution in [0.3, 0.4) is 0 Å². The third-order valence-electron chi connectivity index (χ3n) is 4.77. The van der Waals surface area contributed by atoms with Crippen molar-refractivity contribution in [3.05, 3.63) is 0 Å². The minimum Gasteiger partial charge on any atom is -0.462 e. The lowest BCUT2D eigenvalue weighted by molar-refractivity contribution is -0.154. The maximum Gasteiger partial charge on any atom is 0.410 e. The Balaban J connectivity index is 2.03. The predicted octanol–water partition coefficient (Wildman–Crippen LogP) is 1.49. The molecule has 0 aromatic carbocycles. The summed E-state index contributed by atoms with van der Waals surface area (Å²) in [5.74, 6) is 2.60. The van der Waals surface area contributed by atoms with Crippen LogP contribution in [0.2, 0.25) is 0 Å². The number of fused-ring (bicyclic) bond motifs is 1. The number of terminal acetylenes is 1. The highest BCUT2D eigenvalue weighted by Gasteiger charge is 2.49. The van der Waals surface area contributed by atoms with Gasteiger partial charge < -0.3 is 14.4 Å². The van der Waals surface area contributed by atoms with Crippen molar-refractivity contribution in [3.8, 4) is 12.3 Å². The van der Waals surface area contributed by atoms with Gasteiger partial charge in [0, 0.05) is 18.5 Å². The van der Waals surface area contributed by atoms with E-state index in [1.807, 2.05) is 19.0 Å². The van der Waals surface area contributed by atoms with Crippen LogP contribution in [0.15, 0.2) is 0 Å². The van der Waals surface area contributed by atoms with Gasteiger partial charge in [0.05, 0.1) is 19.6 Å². The molecule has 23 heavy (non-hydrogen) atoms. The van der Waals surface area contributed by atoms with Gasteiger partial charge in [0.2, 0.25) is 0 Å².